The van der Waals surface area contributed by atoms with E-state index in [-0.39, 0.29) is 0 Å². The molecule has 0 aromatic heterocycles. The third-order valence-electron chi connectivity index (χ3n) is 3.92. The smallest absolute Gasteiger partial charge is 0.0233 e. The highest BCUT2D eigenvalue weighted by Gasteiger charge is 2.10. The van der Waals surface area contributed by atoms with Crippen molar-refractivity contribution in [3.05, 3.63) is 60.2 Å². The van der Waals surface area contributed by atoms with Gasteiger partial charge in [0.15, 0.2) is 0 Å². The van der Waals surface area contributed by atoms with Gasteiger partial charge in [0.2, 0.25) is 0 Å². The molecule has 1 fully saturated rings. The fourth-order valence-corrected chi connectivity index (χ4v) is 2.81. The summed E-state index contributed by atoms with van der Waals surface area (Å²) in [5, 5.41) is 0. The second-order valence-corrected chi connectivity index (χ2v) is 5.40. The highest BCUT2D eigenvalue weighted by Crippen LogP contribution is 2.20. The minimum atomic E-state index is 1.11. The van der Waals surface area contributed by atoms with Gasteiger partial charge in [-0.05, 0) is 42.6 Å². The fourth-order valence-electron chi connectivity index (χ4n) is 2.81. The minimum Gasteiger partial charge on any atom is -0.299 e. The van der Waals surface area contributed by atoms with Crippen LogP contribution in [0.2, 0.25) is 0 Å². The molecule has 1 aliphatic heterocycles. The molecule has 0 unspecified atom stereocenters. The predicted molar refractivity (Wildman–Crippen MR) is 81.0 cm³/mol. The summed E-state index contributed by atoms with van der Waals surface area (Å²) in [5.74, 6) is 0. The summed E-state index contributed by atoms with van der Waals surface area (Å²) in [6.07, 6.45) is 4.13. The molecule has 0 amide bonds. The van der Waals surface area contributed by atoms with E-state index in [0.29, 0.717) is 0 Å². The molecule has 0 saturated carbocycles. The van der Waals surface area contributed by atoms with Gasteiger partial charge in [-0.25, -0.2) is 0 Å². The maximum atomic E-state index is 2.57. The molecule has 98 valence electrons. The van der Waals surface area contributed by atoms with Gasteiger partial charge >= 0.3 is 0 Å². The zero-order valence-electron chi connectivity index (χ0n) is 11.4. The lowest BCUT2D eigenvalue weighted by Gasteiger charge is -2.26. The summed E-state index contributed by atoms with van der Waals surface area (Å²) in [5.41, 5.74) is 4.04. The lowest BCUT2D eigenvalue weighted by Crippen LogP contribution is -2.28. The number of rotatable bonds is 3. The molecule has 0 spiro atoms. The van der Waals surface area contributed by atoms with Crippen LogP contribution in [0.3, 0.4) is 0 Å². The first-order valence-corrected chi connectivity index (χ1v) is 7.28. The molecule has 1 heteroatoms. The highest BCUT2D eigenvalue weighted by atomic mass is 15.1. The van der Waals surface area contributed by atoms with E-state index >= 15 is 0 Å². The molecule has 2 aromatic carbocycles. The molecule has 19 heavy (non-hydrogen) atoms. The standard InChI is InChI=1S/C18H21N/c1-3-7-17(8-4-1)18-11-9-16(10-12-18)15-19-13-5-2-6-14-19/h1,3-4,7-12H,2,5-6,13-15H2. The Morgan fingerprint density at radius 2 is 1.32 bits per heavy atom. The first-order chi connectivity index (χ1) is 9.42. The maximum absolute atomic E-state index is 2.57. The Bertz CT molecular complexity index is 495. The van der Waals surface area contributed by atoms with E-state index in [2.05, 4.69) is 59.5 Å². The van der Waals surface area contributed by atoms with Gasteiger partial charge in [-0.3, -0.25) is 4.90 Å². The molecule has 2 aromatic rings. The van der Waals surface area contributed by atoms with Crippen molar-refractivity contribution >= 4 is 0 Å². The van der Waals surface area contributed by atoms with Crippen LogP contribution in [-0.2, 0) is 6.54 Å². The molecule has 3 rings (SSSR count). The molecule has 0 atom stereocenters. The van der Waals surface area contributed by atoms with Crippen molar-refractivity contribution in [3.8, 4) is 11.1 Å². The van der Waals surface area contributed by atoms with E-state index in [0.717, 1.165) is 6.54 Å². The second-order valence-electron chi connectivity index (χ2n) is 5.40. The molecule has 1 aliphatic rings. The van der Waals surface area contributed by atoms with E-state index < -0.39 is 0 Å². The van der Waals surface area contributed by atoms with Gasteiger partial charge in [0.1, 0.15) is 0 Å². The molecule has 0 radical (unpaired) electrons. The topological polar surface area (TPSA) is 3.24 Å². The van der Waals surface area contributed by atoms with Crippen molar-refractivity contribution < 1.29 is 0 Å². The van der Waals surface area contributed by atoms with Crippen molar-refractivity contribution in [2.75, 3.05) is 13.1 Å². The Morgan fingerprint density at radius 1 is 0.684 bits per heavy atom. The zero-order chi connectivity index (χ0) is 12.9. The minimum absolute atomic E-state index is 1.11. The number of likely N-dealkylation sites (tertiary alicyclic amines) is 1. The van der Waals surface area contributed by atoms with Gasteiger partial charge in [0.25, 0.3) is 0 Å². The average molecular weight is 251 g/mol. The molecule has 1 heterocycles. The highest BCUT2D eigenvalue weighted by molar-refractivity contribution is 5.63. The Labute approximate surface area is 115 Å². The maximum Gasteiger partial charge on any atom is 0.0233 e. The number of piperidine rings is 1. The van der Waals surface area contributed by atoms with Crippen molar-refractivity contribution in [2.24, 2.45) is 0 Å². The van der Waals surface area contributed by atoms with Crippen molar-refractivity contribution in [3.63, 3.8) is 0 Å². The van der Waals surface area contributed by atoms with E-state index in [1.54, 1.807) is 0 Å². The van der Waals surface area contributed by atoms with Crippen molar-refractivity contribution in [1.82, 2.24) is 4.90 Å². The van der Waals surface area contributed by atoms with E-state index in [1.807, 2.05) is 0 Å². The molecular weight excluding hydrogens is 230 g/mol. The van der Waals surface area contributed by atoms with Gasteiger partial charge in [0, 0.05) is 6.54 Å². The first kappa shape index (κ1) is 12.4. The third kappa shape index (κ3) is 3.24. The van der Waals surface area contributed by atoms with E-state index in [1.165, 1.54) is 49.0 Å². The summed E-state index contributed by atoms with van der Waals surface area (Å²) >= 11 is 0. The molecule has 0 N–H and O–H groups in total. The van der Waals surface area contributed by atoms with E-state index in [4.69, 9.17) is 0 Å². The lowest BCUT2D eigenvalue weighted by molar-refractivity contribution is 0.221. The Hall–Kier alpha value is -1.60. The number of hydrogen-bond acceptors (Lipinski definition) is 1. The van der Waals surface area contributed by atoms with Gasteiger partial charge in [-0.15, -0.1) is 0 Å². The van der Waals surface area contributed by atoms with Crippen LogP contribution < -0.4 is 0 Å². The van der Waals surface area contributed by atoms with E-state index in [9.17, 15) is 0 Å². The normalized spacial score (nSPS) is 16.4. The summed E-state index contributed by atoms with van der Waals surface area (Å²) in [4.78, 5) is 2.57. The van der Waals surface area contributed by atoms with Gasteiger partial charge < -0.3 is 0 Å². The van der Waals surface area contributed by atoms with Gasteiger partial charge in [-0.1, -0.05) is 61.0 Å². The van der Waals surface area contributed by atoms with Gasteiger partial charge in [0.05, 0.1) is 0 Å². The molecule has 1 saturated heterocycles. The first-order valence-electron chi connectivity index (χ1n) is 7.28. The average Bonchev–Trinajstić information content (AvgIpc) is 2.50. The van der Waals surface area contributed by atoms with Crippen LogP contribution in [0.5, 0.6) is 0 Å². The van der Waals surface area contributed by atoms with Crippen molar-refractivity contribution in [1.29, 1.82) is 0 Å². The largest absolute Gasteiger partial charge is 0.299 e. The summed E-state index contributed by atoms with van der Waals surface area (Å²) < 4.78 is 0. The molecular formula is C18H21N. The van der Waals surface area contributed by atoms with Crippen LogP contribution in [0.25, 0.3) is 11.1 Å². The van der Waals surface area contributed by atoms with Gasteiger partial charge in [-0.2, -0.15) is 0 Å². The lowest BCUT2D eigenvalue weighted by atomic mass is 10.0. The quantitative estimate of drug-likeness (QED) is 0.784. The summed E-state index contributed by atoms with van der Waals surface area (Å²) in [6, 6.07) is 19.6. The van der Waals surface area contributed by atoms with Crippen LogP contribution in [0, 0.1) is 0 Å². The summed E-state index contributed by atoms with van der Waals surface area (Å²) in [6.45, 7) is 3.63. The van der Waals surface area contributed by atoms with Crippen LogP contribution in [0.15, 0.2) is 54.6 Å². The van der Waals surface area contributed by atoms with Crippen LogP contribution in [-0.4, -0.2) is 18.0 Å². The SMILES string of the molecule is c1ccc(-c2ccc(CN3CCCCC3)cc2)cc1. The Morgan fingerprint density at radius 3 is 2.00 bits per heavy atom. The molecule has 1 nitrogen and oxygen atoms in total. The predicted octanol–water partition coefficient (Wildman–Crippen LogP) is 4.34. The third-order valence-corrected chi connectivity index (χ3v) is 3.92. The Kier molecular flexibility index (Phi) is 3.95. The Balaban J connectivity index is 1.68. The zero-order valence-corrected chi connectivity index (χ0v) is 11.4. The number of nitrogens with zero attached hydrogens (tertiary/aromatic N) is 1. The molecule has 0 bridgehead atoms. The van der Waals surface area contributed by atoms with Crippen LogP contribution in [0.1, 0.15) is 24.8 Å². The summed E-state index contributed by atoms with van der Waals surface area (Å²) in [7, 11) is 0. The molecule has 0 aliphatic carbocycles. The number of hydrogen-bond donors (Lipinski definition) is 0. The van der Waals surface area contributed by atoms with Crippen LogP contribution in [0.4, 0.5) is 0 Å². The number of benzene rings is 2. The second kappa shape index (κ2) is 6.03. The van der Waals surface area contributed by atoms with Crippen molar-refractivity contribution in [2.45, 2.75) is 25.8 Å². The van der Waals surface area contributed by atoms with Crippen LogP contribution >= 0.6 is 0 Å². The monoisotopic (exact) mass is 251 g/mol. The fraction of sp³-hybridized carbons (Fsp3) is 0.333.